The molecule has 0 heterocycles. The first-order valence-electron chi connectivity index (χ1n) is 36.0. The van der Waals surface area contributed by atoms with Crippen molar-refractivity contribution in [2.75, 3.05) is 13.2 Å². The Morgan fingerprint density at radius 2 is 0.590 bits per heavy atom. The van der Waals surface area contributed by atoms with Crippen LogP contribution in [0.1, 0.15) is 412 Å². The zero-order valence-corrected chi connectivity index (χ0v) is 53.2. The number of aliphatic hydroxyl groups excluding tert-OH is 2. The molecule has 0 aromatic carbocycles. The maximum absolute atomic E-state index is 12.5. The Labute approximate surface area is 489 Å². The fourth-order valence-electron chi connectivity index (χ4n) is 11.6. The summed E-state index contributed by atoms with van der Waals surface area (Å²) >= 11 is 0. The van der Waals surface area contributed by atoms with Crippen molar-refractivity contribution in [2.24, 2.45) is 0 Å². The van der Waals surface area contributed by atoms with Gasteiger partial charge in [-0.05, 0) is 32.1 Å². The maximum Gasteiger partial charge on any atom is 0.305 e. The first-order chi connectivity index (χ1) is 38.5. The third-order valence-electron chi connectivity index (χ3n) is 17.1. The molecule has 0 radical (unpaired) electrons. The number of hydrogen-bond acceptors (Lipinski definition) is 5. The second kappa shape index (κ2) is 68.1. The second-order valence-corrected chi connectivity index (χ2v) is 24.9. The van der Waals surface area contributed by atoms with E-state index >= 15 is 0 Å². The van der Waals surface area contributed by atoms with Gasteiger partial charge in [-0.25, -0.2) is 0 Å². The summed E-state index contributed by atoms with van der Waals surface area (Å²) in [5, 5.41) is 23.1. The predicted octanol–water partition coefficient (Wildman–Crippen LogP) is 23.1. The number of aliphatic hydroxyl groups is 2. The van der Waals surface area contributed by atoms with E-state index in [1.807, 2.05) is 6.08 Å². The molecule has 0 rings (SSSR count). The van der Waals surface area contributed by atoms with Crippen LogP contribution in [0.25, 0.3) is 0 Å². The highest BCUT2D eigenvalue weighted by Gasteiger charge is 2.18. The summed E-state index contributed by atoms with van der Waals surface area (Å²) in [6.45, 7) is 4.94. The van der Waals surface area contributed by atoms with Gasteiger partial charge in [0.05, 0.1) is 25.4 Å². The van der Waals surface area contributed by atoms with Gasteiger partial charge in [0.1, 0.15) is 0 Å². The van der Waals surface area contributed by atoms with E-state index in [2.05, 4.69) is 19.2 Å². The Morgan fingerprint density at radius 3 is 0.872 bits per heavy atom. The molecule has 1 amide bonds. The van der Waals surface area contributed by atoms with E-state index in [1.165, 1.54) is 347 Å². The molecule has 0 aromatic heterocycles. The van der Waals surface area contributed by atoms with E-state index in [0.717, 1.165) is 38.5 Å². The fraction of sp³-hybridized carbons (Fsp3) is 0.944. The van der Waals surface area contributed by atoms with E-state index < -0.39 is 12.1 Å². The molecule has 0 fully saturated rings. The van der Waals surface area contributed by atoms with E-state index in [0.29, 0.717) is 19.4 Å². The van der Waals surface area contributed by atoms with Crippen LogP contribution in [-0.2, 0) is 14.3 Å². The molecule has 0 aromatic rings. The summed E-state index contributed by atoms with van der Waals surface area (Å²) in [7, 11) is 0. The number of unbranched alkanes of at least 4 members (excludes halogenated alkanes) is 57. The van der Waals surface area contributed by atoms with Gasteiger partial charge in [0, 0.05) is 12.8 Å². The van der Waals surface area contributed by atoms with Gasteiger partial charge in [-0.2, -0.15) is 0 Å². The van der Waals surface area contributed by atoms with Gasteiger partial charge >= 0.3 is 5.97 Å². The minimum Gasteiger partial charge on any atom is -0.466 e. The van der Waals surface area contributed by atoms with E-state index in [4.69, 9.17) is 4.74 Å². The largest absolute Gasteiger partial charge is 0.466 e. The second-order valence-electron chi connectivity index (χ2n) is 24.9. The lowest BCUT2D eigenvalue weighted by molar-refractivity contribution is -0.143. The van der Waals surface area contributed by atoms with Gasteiger partial charge in [-0.15, -0.1) is 0 Å². The highest BCUT2D eigenvalue weighted by atomic mass is 16.5. The average Bonchev–Trinajstić information content (AvgIpc) is 3.44. The molecule has 0 spiro atoms. The number of ether oxygens (including phenoxy) is 1. The smallest absolute Gasteiger partial charge is 0.305 e. The molecule has 0 saturated carbocycles. The highest BCUT2D eigenvalue weighted by molar-refractivity contribution is 5.76. The number of rotatable bonds is 68. The molecule has 2 atom stereocenters. The van der Waals surface area contributed by atoms with E-state index in [9.17, 15) is 19.8 Å². The van der Waals surface area contributed by atoms with Gasteiger partial charge in [0.2, 0.25) is 5.91 Å². The molecule has 0 saturated heterocycles. The molecule has 6 nitrogen and oxygen atoms in total. The van der Waals surface area contributed by atoms with Gasteiger partial charge in [0.15, 0.2) is 0 Å². The summed E-state index contributed by atoms with van der Waals surface area (Å²) in [6.07, 6.45) is 84.5. The van der Waals surface area contributed by atoms with Crippen LogP contribution in [0, 0.1) is 0 Å². The van der Waals surface area contributed by atoms with Crippen LogP contribution in [0.15, 0.2) is 12.2 Å². The first kappa shape index (κ1) is 76.6. The topological polar surface area (TPSA) is 95.9 Å². The molecule has 0 aliphatic carbocycles. The quantitative estimate of drug-likeness (QED) is 0.0320. The molecule has 464 valence electrons. The lowest BCUT2D eigenvalue weighted by Gasteiger charge is -2.20. The first-order valence-corrected chi connectivity index (χ1v) is 36.0. The number of esters is 1. The third kappa shape index (κ3) is 63.8. The van der Waals surface area contributed by atoms with Crippen molar-refractivity contribution in [1.29, 1.82) is 0 Å². The van der Waals surface area contributed by atoms with Crippen LogP contribution >= 0.6 is 0 Å². The number of amides is 1. The summed E-state index contributed by atoms with van der Waals surface area (Å²) in [4.78, 5) is 24.6. The molecule has 2 unspecified atom stereocenters. The third-order valence-corrected chi connectivity index (χ3v) is 17.1. The Hall–Kier alpha value is -1.40. The lowest BCUT2D eigenvalue weighted by atomic mass is 10.0. The highest BCUT2D eigenvalue weighted by Crippen LogP contribution is 2.19. The number of carbonyl (C=O) groups is 2. The Morgan fingerprint density at radius 1 is 0.346 bits per heavy atom. The zero-order valence-electron chi connectivity index (χ0n) is 53.2. The summed E-state index contributed by atoms with van der Waals surface area (Å²) in [5.74, 6) is -0.0365. The number of carbonyl (C=O) groups excluding carboxylic acids is 2. The summed E-state index contributed by atoms with van der Waals surface area (Å²) < 4.78 is 5.52. The van der Waals surface area contributed by atoms with Crippen molar-refractivity contribution < 1.29 is 24.5 Å². The zero-order chi connectivity index (χ0) is 56.4. The van der Waals surface area contributed by atoms with Crippen molar-refractivity contribution in [1.82, 2.24) is 5.32 Å². The Kier molecular flexibility index (Phi) is 66.9. The van der Waals surface area contributed by atoms with E-state index in [-0.39, 0.29) is 18.5 Å². The van der Waals surface area contributed by atoms with Crippen molar-refractivity contribution in [3.8, 4) is 0 Å². The normalized spacial score (nSPS) is 12.5. The number of hydrogen-bond donors (Lipinski definition) is 3. The number of nitrogens with one attached hydrogen (secondary N) is 1. The predicted molar refractivity (Wildman–Crippen MR) is 343 cm³/mol. The van der Waals surface area contributed by atoms with Crippen molar-refractivity contribution in [2.45, 2.75) is 424 Å². The standard InChI is InChI=1S/C72H141NO5/c1-3-5-7-9-11-13-15-17-18-19-36-39-42-46-50-54-58-62-66-72(77)78-67-63-59-55-51-47-43-40-37-34-32-30-28-26-24-22-20-21-23-25-27-29-31-33-35-38-41-45-49-53-57-61-65-71(76)73-69(68-74)70(75)64-60-56-52-48-44-16-14-12-10-8-6-4-2/h60,64,69-70,74-75H,3-59,61-63,65-68H2,1-2H3,(H,73,76)/b64-60+. The molecule has 0 bridgehead atoms. The van der Waals surface area contributed by atoms with Crippen LogP contribution in [0.4, 0.5) is 0 Å². The monoisotopic (exact) mass is 1100 g/mol. The van der Waals surface area contributed by atoms with Crippen LogP contribution < -0.4 is 5.32 Å². The van der Waals surface area contributed by atoms with Crippen LogP contribution in [-0.4, -0.2) is 47.4 Å². The van der Waals surface area contributed by atoms with Gasteiger partial charge in [0.25, 0.3) is 0 Å². The SMILES string of the molecule is CCCCCCCCCCCC/C=C/C(O)C(CO)NC(=O)CCCCCCCCCCCCCCCCCCCCCCCCCCCCCCCCCOC(=O)CCCCCCCCCCCCCCCCCCCC. The molecule has 0 aliphatic heterocycles. The summed E-state index contributed by atoms with van der Waals surface area (Å²) in [6, 6.07) is -0.623. The van der Waals surface area contributed by atoms with Crippen molar-refractivity contribution in [3.05, 3.63) is 12.2 Å². The van der Waals surface area contributed by atoms with Crippen LogP contribution in [0.5, 0.6) is 0 Å². The maximum atomic E-state index is 12.5. The Balaban J connectivity index is 3.30. The lowest BCUT2D eigenvalue weighted by Crippen LogP contribution is -2.45. The Bertz CT molecular complexity index is 1180. The molecule has 6 heteroatoms. The van der Waals surface area contributed by atoms with Crippen LogP contribution in [0.2, 0.25) is 0 Å². The van der Waals surface area contributed by atoms with Gasteiger partial charge < -0.3 is 20.3 Å². The number of allylic oxidation sites excluding steroid dienone is 1. The fourth-order valence-corrected chi connectivity index (χ4v) is 11.6. The minimum absolute atomic E-state index is 0.0257. The molecular formula is C72H141NO5. The molecule has 0 aliphatic rings. The molecule has 78 heavy (non-hydrogen) atoms. The van der Waals surface area contributed by atoms with Crippen molar-refractivity contribution in [3.63, 3.8) is 0 Å². The molecular weight excluding hydrogens is 959 g/mol. The van der Waals surface area contributed by atoms with Gasteiger partial charge in [-0.3, -0.25) is 9.59 Å². The summed E-state index contributed by atoms with van der Waals surface area (Å²) in [5.41, 5.74) is 0. The van der Waals surface area contributed by atoms with E-state index in [1.54, 1.807) is 6.08 Å². The molecule has 3 N–H and O–H groups in total. The van der Waals surface area contributed by atoms with Crippen molar-refractivity contribution >= 4 is 11.9 Å². The average molecular weight is 1100 g/mol. The van der Waals surface area contributed by atoms with Crippen LogP contribution in [0.3, 0.4) is 0 Å². The van der Waals surface area contributed by atoms with Gasteiger partial charge in [-0.1, -0.05) is 379 Å². The minimum atomic E-state index is -0.839.